The van der Waals surface area contributed by atoms with E-state index in [1.165, 1.54) is 84.4 Å². The number of benzene rings is 5. The van der Waals surface area contributed by atoms with Gasteiger partial charge in [0.05, 0.1) is 0 Å². The van der Waals surface area contributed by atoms with Gasteiger partial charge in [-0.15, -0.1) is 0 Å². The summed E-state index contributed by atoms with van der Waals surface area (Å²) in [4.78, 5) is 0. The summed E-state index contributed by atoms with van der Waals surface area (Å²) in [6, 6.07) is 47.0. The van der Waals surface area contributed by atoms with Gasteiger partial charge in [0.25, 0.3) is 0 Å². The van der Waals surface area contributed by atoms with Crippen molar-refractivity contribution in [2.75, 3.05) is 0 Å². The lowest BCUT2D eigenvalue weighted by Crippen LogP contribution is -1.91. The Morgan fingerprint density at radius 1 is 0.455 bits per heavy atom. The monoisotopic (exact) mass is 586 g/mol. The molecule has 0 spiro atoms. The van der Waals surface area contributed by atoms with Crippen LogP contribution in [0.15, 0.2) is 133 Å². The molecule has 2 atom stereocenters. The highest BCUT2D eigenvalue weighted by molar-refractivity contribution is 5.85. The third-order valence-corrected chi connectivity index (χ3v) is 8.10. The standard InChI is InChI=1S/C11H10.3C11H16/c1-9-5-4-7-10-6-2-3-8-11(9)10;2*1-3-7-10(2)11-8-5-4-6-9-11;1-2-3-5-8-11-9-6-4-7-10-11/h2-8H,1H3;2*4-6,8-10H,3,7H2,1-2H3;4,6-7,9-10H,2-3,5,8H2,1H3. The van der Waals surface area contributed by atoms with Crippen LogP contribution in [0, 0.1) is 6.92 Å². The first-order valence-electron chi connectivity index (χ1n) is 17.1. The Labute approximate surface area is 270 Å². The zero-order valence-electron chi connectivity index (χ0n) is 28.5. The molecule has 0 heterocycles. The Hall–Kier alpha value is -3.64. The molecule has 0 N–H and O–H groups in total. The summed E-state index contributed by atoms with van der Waals surface area (Å²) in [6.45, 7) is 13.4. The predicted molar refractivity (Wildman–Crippen MR) is 198 cm³/mol. The molecular formula is C44H58. The molecule has 0 fully saturated rings. The molecule has 0 heteroatoms. The molecule has 0 nitrogen and oxygen atoms in total. The fraction of sp³-hybridized carbons (Fsp3) is 0.364. The van der Waals surface area contributed by atoms with Crippen LogP contribution in [0.25, 0.3) is 10.8 Å². The molecule has 0 radical (unpaired) electrons. The van der Waals surface area contributed by atoms with E-state index in [2.05, 4.69) is 175 Å². The van der Waals surface area contributed by atoms with E-state index in [9.17, 15) is 0 Å². The van der Waals surface area contributed by atoms with Gasteiger partial charge >= 0.3 is 0 Å². The van der Waals surface area contributed by atoms with Crippen molar-refractivity contribution in [3.05, 3.63) is 156 Å². The Bertz CT molecular complexity index is 1300. The lowest BCUT2D eigenvalue weighted by molar-refractivity contribution is 0.665. The van der Waals surface area contributed by atoms with E-state index in [0.717, 1.165) is 11.8 Å². The Kier molecular flexibility index (Phi) is 19.0. The molecule has 5 aromatic rings. The summed E-state index contributed by atoms with van der Waals surface area (Å²) in [7, 11) is 0. The molecule has 2 unspecified atom stereocenters. The van der Waals surface area contributed by atoms with Crippen molar-refractivity contribution in [2.45, 2.75) is 105 Å². The van der Waals surface area contributed by atoms with Gasteiger partial charge in [0, 0.05) is 0 Å². The average Bonchev–Trinajstić information content (AvgIpc) is 3.08. The van der Waals surface area contributed by atoms with Crippen LogP contribution in [0.1, 0.15) is 114 Å². The van der Waals surface area contributed by atoms with Crippen molar-refractivity contribution in [2.24, 2.45) is 0 Å². The van der Waals surface area contributed by atoms with Gasteiger partial charge in [0.15, 0.2) is 0 Å². The molecule has 0 aromatic heterocycles. The normalized spacial score (nSPS) is 11.5. The van der Waals surface area contributed by atoms with E-state index < -0.39 is 0 Å². The van der Waals surface area contributed by atoms with E-state index in [1.807, 2.05) is 0 Å². The molecule has 44 heavy (non-hydrogen) atoms. The Balaban J connectivity index is 0.000000205. The van der Waals surface area contributed by atoms with Crippen LogP contribution in [-0.4, -0.2) is 0 Å². The van der Waals surface area contributed by atoms with Crippen LogP contribution in [0.4, 0.5) is 0 Å². The SMILES string of the molecule is CCCC(C)c1ccccc1.CCCC(C)c1ccccc1.CCCCCc1ccccc1.Cc1cccc2ccccc12. The molecule has 0 bridgehead atoms. The zero-order chi connectivity index (χ0) is 31.8. The van der Waals surface area contributed by atoms with Crippen LogP contribution in [-0.2, 0) is 6.42 Å². The molecule has 234 valence electrons. The number of aryl methyl sites for hydroxylation is 2. The summed E-state index contributed by atoms with van der Waals surface area (Å²) < 4.78 is 0. The van der Waals surface area contributed by atoms with Gasteiger partial charge in [0.1, 0.15) is 0 Å². The number of rotatable bonds is 10. The summed E-state index contributed by atoms with van der Waals surface area (Å²) in [5.74, 6) is 1.45. The molecular weight excluding hydrogens is 528 g/mol. The third kappa shape index (κ3) is 14.7. The Morgan fingerprint density at radius 3 is 1.39 bits per heavy atom. The van der Waals surface area contributed by atoms with Crippen molar-refractivity contribution >= 4 is 10.8 Å². The molecule has 0 amide bonds. The van der Waals surface area contributed by atoms with Gasteiger partial charge in [-0.25, -0.2) is 0 Å². The van der Waals surface area contributed by atoms with Crippen LogP contribution in [0.3, 0.4) is 0 Å². The zero-order valence-corrected chi connectivity index (χ0v) is 28.5. The number of unbranched alkanes of at least 4 members (excludes halogenated alkanes) is 2. The maximum absolute atomic E-state index is 2.29. The predicted octanol–water partition coefficient (Wildman–Crippen LogP) is 13.7. The minimum absolute atomic E-state index is 0.723. The van der Waals surface area contributed by atoms with Gasteiger partial charge in [-0.1, -0.05) is 194 Å². The molecule has 0 saturated carbocycles. The van der Waals surface area contributed by atoms with E-state index in [1.54, 1.807) is 0 Å². The topological polar surface area (TPSA) is 0 Å². The van der Waals surface area contributed by atoms with Crippen LogP contribution < -0.4 is 0 Å². The lowest BCUT2D eigenvalue weighted by atomic mass is 9.97. The summed E-state index contributed by atoms with van der Waals surface area (Å²) >= 11 is 0. The smallest absolute Gasteiger partial charge is 0.0155 e. The van der Waals surface area contributed by atoms with Crippen molar-refractivity contribution in [3.63, 3.8) is 0 Å². The molecule has 0 aliphatic rings. The summed E-state index contributed by atoms with van der Waals surface area (Å²) in [6.07, 6.45) is 10.4. The van der Waals surface area contributed by atoms with Gasteiger partial charge in [0.2, 0.25) is 0 Å². The van der Waals surface area contributed by atoms with Gasteiger partial charge < -0.3 is 0 Å². The van der Waals surface area contributed by atoms with Crippen LogP contribution >= 0.6 is 0 Å². The maximum atomic E-state index is 2.29. The second kappa shape index (κ2) is 22.8. The van der Waals surface area contributed by atoms with E-state index in [4.69, 9.17) is 0 Å². The second-order valence-electron chi connectivity index (χ2n) is 11.9. The third-order valence-electron chi connectivity index (χ3n) is 8.10. The quantitative estimate of drug-likeness (QED) is 0.143. The summed E-state index contributed by atoms with van der Waals surface area (Å²) in [5.41, 5.74) is 5.76. The molecule has 0 aliphatic heterocycles. The van der Waals surface area contributed by atoms with Crippen molar-refractivity contribution < 1.29 is 0 Å². The molecule has 5 aromatic carbocycles. The first-order valence-corrected chi connectivity index (χ1v) is 17.1. The van der Waals surface area contributed by atoms with E-state index in [0.29, 0.717) is 0 Å². The fourth-order valence-corrected chi connectivity index (χ4v) is 5.37. The highest BCUT2D eigenvalue weighted by Crippen LogP contribution is 2.20. The lowest BCUT2D eigenvalue weighted by Gasteiger charge is -2.08. The average molecular weight is 587 g/mol. The van der Waals surface area contributed by atoms with Crippen LogP contribution in [0.5, 0.6) is 0 Å². The van der Waals surface area contributed by atoms with Gasteiger partial charge in [-0.05, 0) is 77.5 Å². The second-order valence-corrected chi connectivity index (χ2v) is 11.9. The molecule has 5 rings (SSSR count). The number of hydrogen-bond acceptors (Lipinski definition) is 0. The van der Waals surface area contributed by atoms with Gasteiger partial charge in [-0.2, -0.15) is 0 Å². The maximum Gasteiger partial charge on any atom is -0.0155 e. The number of fused-ring (bicyclic) bond motifs is 1. The van der Waals surface area contributed by atoms with E-state index in [-0.39, 0.29) is 0 Å². The minimum atomic E-state index is 0.723. The first kappa shape index (κ1) is 36.6. The van der Waals surface area contributed by atoms with Crippen molar-refractivity contribution in [1.29, 1.82) is 0 Å². The van der Waals surface area contributed by atoms with Crippen molar-refractivity contribution in [3.8, 4) is 0 Å². The Morgan fingerprint density at radius 2 is 0.909 bits per heavy atom. The minimum Gasteiger partial charge on any atom is -0.0654 e. The first-order chi connectivity index (χ1) is 21.5. The fourth-order valence-electron chi connectivity index (χ4n) is 5.37. The van der Waals surface area contributed by atoms with Crippen molar-refractivity contribution in [1.82, 2.24) is 0 Å². The largest absolute Gasteiger partial charge is 0.0654 e. The summed E-state index contributed by atoms with van der Waals surface area (Å²) in [5, 5.41) is 2.68. The highest BCUT2D eigenvalue weighted by atomic mass is 14.1. The van der Waals surface area contributed by atoms with Crippen LogP contribution in [0.2, 0.25) is 0 Å². The molecule has 0 saturated heterocycles. The van der Waals surface area contributed by atoms with Gasteiger partial charge in [-0.3, -0.25) is 0 Å². The highest BCUT2D eigenvalue weighted by Gasteiger charge is 2.02. The molecule has 0 aliphatic carbocycles. The number of hydrogen-bond donors (Lipinski definition) is 0. The van der Waals surface area contributed by atoms with E-state index >= 15 is 0 Å².